The first-order valence-corrected chi connectivity index (χ1v) is 12.4. The van der Waals surface area contributed by atoms with Crippen molar-refractivity contribution in [2.45, 2.75) is 45.4 Å². The van der Waals surface area contributed by atoms with Crippen molar-refractivity contribution >= 4 is 38.2 Å². The number of aromatic nitrogens is 2. The van der Waals surface area contributed by atoms with Crippen LogP contribution in [0.5, 0.6) is 0 Å². The van der Waals surface area contributed by atoms with Gasteiger partial charge in [-0.25, -0.2) is 13.2 Å². The minimum atomic E-state index is -3.74. The largest absolute Gasteiger partial charge is 0.462 e. The van der Waals surface area contributed by atoms with Crippen molar-refractivity contribution in [3.63, 3.8) is 0 Å². The second-order valence-corrected chi connectivity index (χ2v) is 10.7. The molecule has 1 amide bonds. The Kier molecular flexibility index (Phi) is 6.87. The summed E-state index contributed by atoms with van der Waals surface area (Å²) in [4.78, 5) is 26.4. The Balaban J connectivity index is 1.79. The quantitative estimate of drug-likeness (QED) is 0.653. The first-order chi connectivity index (χ1) is 14.6. The Bertz CT molecular complexity index is 1100. The van der Waals surface area contributed by atoms with Crippen molar-refractivity contribution < 1.29 is 22.7 Å². The fraction of sp³-hybridized carbons (Fsp3) is 0.550. The summed E-state index contributed by atoms with van der Waals surface area (Å²) in [7, 11) is -2.06. The topological polar surface area (TPSA) is 111 Å². The third-order valence-electron chi connectivity index (χ3n) is 5.66. The minimum Gasteiger partial charge on any atom is -0.462 e. The zero-order valence-electron chi connectivity index (χ0n) is 18.4. The van der Waals surface area contributed by atoms with Crippen LogP contribution in [-0.4, -0.2) is 54.1 Å². The molecule has 0 aromatic carbocycles. The molecule has 9 nitrogen and oxygen atoms in total. The van der Waals surface area contributed by atoms with Gasteiger partial charge in [0, 0.05) is 25.0 Å². The van der Waals surface area contributed by atoms with Crippen LogP contribution in [0.15, 0.2) is 11.1 Å². The van der Waals surface area contributed by atoms with Gasteiger partial charge in [-0.3, -0.25) is 9.48 Å². The maximum atomic E-state index is 13.1. The molecule has 1 N–H and O–H groups in total. The van der Waals surface area contributed by atoms with Crippen LogP contribution in [0.2, 0.25) is 0 Å². The number of hydrogen-bond acceptors (Lipinski definition) is 7. The van der Waals surface area contributed by atoms with E-state index in [0.717, 1.165) is 10.4 Å². The average molecular weight is 469 g/mol. The number of hydrogen-bond donors (Lipinski definition) is 1. The molecule has 0 saturated carbocycles. The molecule has 0 unspecified atom stereocenters. The monoisotopic (exact) mass is 468 g/mol. The number of nitrogens with one attached hydrogen (secondary N) is 1. The summed E-state index contributed by atoms with van der Waals surface area (Å²) in [5.41, 5.74) is 1.69. The molecule has 3 heterocycles. The van der Waals surface area contributed by atoms with E-state index in [1.165, 1.54) is 26.5 Å². The lowest BCUT2D eigenvalue weighted by Crippen LogP contribution is -2.43. The molecule has 1 aliphatic heterocycles. The fourth-order valence-electron chi connectivity index (χ4n) is 3.62. The molecular weight excluding hydrogens is 440 g/mol. The molecule has 1 atom stereocenters. The average Bonchev–Trinajstić information content (AvgIpc) is 3.21. The van der Waals surface area contributed by atoms with Gasteiger partial charge in [0.15, 0.2) is 0 Å². The molecule has 11 heteroatoms. The Morgan fingerprint density at radius 2 is 2.03 bits per heavy atom. The van der Waals surface area contributed by atoms with E-state index in [0.29, 0.717) is 35.6 Å². The van der Waals surface area contributed by atoms with Gasteiger partial charge in [-0.15, -0.1) is 11.3 Å². The summed E-state index contributed by atoms with van der Waals surface area (Å²) in [5, 5.41) is 7.32. The summed E-state index contributed by atoms with van der Waals surface area (Å²) in [6.45, 7) is 7.80. The maximum absolute atomic E-state index is 13.1. The lowest BCUT2D eigenvalue weighted by atomic mass is 9.99. The Hall–Kier alpha value is -2.24. The smallest absolute Gasteiger partial charge is 0.341 e. The summed E-state index contributed by atoms with van der Waals surface area (Å²) >= 11 is 1.32. The normalized spacial score (nSPS) is 17.5. The molecule has 2 aromatic rings. The zero-order valence-corrected chi connectivity index (χ0v) is 20.0. The van der Waals surface area contributed by atoms with Gasteiger partial charge in [0.2, 0.25) is 15.9 Å². The third kappa shape index (κ3) is 4.53. The number of rotatable bonds is 6. The van der Waals surface area contributed by atoms with E-state index in [1.807, 2.05) is 13.8 Å². The van der Waals surface area contributed by atoms with E-state index in [9.17, 15) is 18.0 Å². The molecule has 0 aliphatic carbocycles. The van der Waals surface area contributed by atoms with Crippen LogP contribution < -0.4 is 5.32 Å². The second-order valence-electron chi connectivity index (χ2n) is 7.62. The summed E-state index contributed by atoms with van der Waals surface area (Å²) < 4.78 is 34.2. The molecule has 0 radical (unpaired) electrons. The molecule has 3 rings (SSSR count). The standard InChI is InChI=1S/C20H28N4O5S2/c1-6-29-20(26)17-12(2)14(4)30-19(17)22-18(25)15-8-7-9-24(11-15)31(27,28)16-10-21-23(5)13(16)3/h10,15H,6-9,11H2,1-5H3,(H,22,25)/t15-/m0/s1. The minimum absolute atomic E-state index is 0.0839. The molecule has 31 heavy (non-hydrogen) atoms. The Morgan fingerprint density at radius 1 is 1.32 bits per heavy atom. The Morgan fingerprint density at radius 3 is 2.65 bits per heavy atom. The van der Waals surface area contributed by atoms with Gasteiger partial charge >= 0.3 is 5.97 Å². The molecule has 170 valence electrons. The van der Waals surface area contributed by atoms with Crippen molar-refractivity contribution in [3.8, 4) is 0 Å². The van der Waals surface area contributed by atoms with E-state index in [2.05, 4.69) is 10.4 Å². The van der Waals surface area contributed by atoms with Gasteiger partial charge < -0.3 is 10.1 Å². The molecule has 1 saturated heterocycles. The highest BCUT2D eigenvalue weighted by molar-refractivity contribution is 7.89. The number of thiophene rings is 1. The van der Waals surface area contributed by atoms with Crippen molar-refractivity contribution in [3.05, 3.63) is 27.9 Å². The summed E-state index contributed by atoms with van der Waals surface area (Å²) in [6, 6.07) is 0. The number of piperidine rings is 1. The first kappa shape index (κ1) is 23.4. The zero-order chi connectivity index (χ0) is 22.9. The van der Waals surface area contributed by atoms with E-state index >= 15 is 0 Å². The molecular formula is C20H28N4O5S2. The number of amides is 1. The highest BCUT2D eigenvalue weighted by Crippen LogP contribution is 2.34. The van der Waals surface area contributed by atoms with Crippen molar-refractivity contribution in [1.82, 2.24) is 14.1 Å². The molecule has 1 aliphatic rings. The fourth-order valence-corrected chi connectivity index (χ4v) is 6.38. The van der Waals surface area contributed by atoms with Crippen molar-refractivity contribution in [2.24, 2.45) is 13.0 Å². The van der Waals surface area contributed by atoms with Gasteiger partial charge in [0.05, 0.1) is 30.0 Å². The van der Waals surface area contributed by atoms with Gasteiger partial charge in [-0.1, -0.05) is 0 Å². The SMILES string of the molecule is CCOC(=O)c1c(NC(=O)[C@H]2CCCN(S(=O)(=O)c3cnn(C)c3C)C2)sc(C)c1C. The van der Waals surface area contributed by atoms with Crippen LogP contribution in [-0.2, 0) is 26.6 Å². The number of aryl methyl sites for hydroxylation is 2. The van der Waals surface area contributed by atoms with E-state index in [1.54, 1.807) is 20.9 Å². The lowest BCUT2D eigenvalue weighted by molar-refractivity contribution is -0.120. The summed E-state index contributed by atoms with van der Waals surface area (Å²) in [6.07, 6.45) is 2.49. The predicted octanol–water partition coefficient (Wildman–Crippen LogP) is 2.62. The van der Waals surface area contributed by atoms with Crippen molar-refractivity contribution in [1.29, 1.82) is 0 Å². The van der Waals surface area contributed by atoms with E-state index in [4.69, 9.17) is 4.74 Å². The number of anilines is 1. The van der Waals surface area contributed by atoms with Gasteiger partial charge in [-0.05, 0) is 46.1 Å². The number of carbonyl (C=O) groups excluding carboxylic acids is 2. The van der Waals surface area contributed by atoms with Crippen LogP contribution in [0.3, 0.4) is 0 Å². The van der Waals surface area contributed by atoms with Crippen LogP contribution in [0, 0.1) is 26.7 Å². The molecule has 0 bridgehead atoms. The van der Waals surface area contributed by atoms with Gasteiger partial charge in [-0.2, -0.15) is 9.40 Å². The third-order valence-corrected chi connectivity index (χ3v) is 8.76. The number of ether oxygens (including phenoxy) is 1. The molecule has 2 aromatic heterocycles. The van der Waals surface area contributed by atoms with E-state index < -0.39 is 21.9 Å². The van der Waals surface area contributed by atoms with Crippen LogP contribution in [0.25, 0.3) is 0 Å². The van der Waals surface area contributed by atoms with Crippen molar-refractivity contribution in [2.75, 3.05) is 25.0 Å². The highest BCUT2D eigenvalue weighted by Gasteiger charge is 2.35. The molecule has 0 spiro atoms. The number of sulfonamides is 1. The number of carbonyl (C=O) groups is 2. The number of esters is 1. The maximum Gasteiger partial charge on any atom is 0.341 e. The number of nitrogens with zero attached hydrogens (tertiary/aromatic N) is 3. The molecule has 1 fully saturated rings. The van der Waals surface area contributed by atoms with E-state index in [-0.39, 0.29) is 24.0 Å². The Labute approximate surface area is 186 Å². The highest BCUT2D eigenvalue weighted by atomic mass is 32.2. The van der Waals surface area contributed by atoms with Crippen LogP contribution in [0.1, 0.15) is 46.3 Å². The summed E-state index contributed by atoms with van der Waals surface area (Å²) in [5.74, 6) is -1.28. The second kappa shape index (κ2) is 9.09. The van der Waals surface area contributed by atoms with Gasteiger partial charge in [0.25, 0.3) is 0 Å². The van der Waals surface area contributed by atoms with Crippen LogP contribution in [0.4, 0.5) is 5.00 Å². The first-order valence-electron chi connectivity index (χ1n) is 10.1. The van der Waals surface area contributed by atoms with Crippen LogP contribution >= 0.6 is 11.3 Å². The van der Waals surface area contributed by atoms with Gasteiger partial charge in [0.1, 0.15) is 9.90 Å². The predicted molar refractivity (Wildman–Crippen MR) is 118 cm³/mol. The lowest BCUT2D eigenvalue weighted by Gasteiger charge is -2.31.